The number of aromatic nitrogens is 4. The van der Waals surface area contributed by atoms with Gasteiger partial charge < -0.3 is 10.1 Å². The van der Waals surface area contributed by atoms with Crippen molar-refractivity contribution in [1.82, 2.24) is 25.5 Å². The Morgan fingerprint density at radius 3 is 2.55 bits per heavy atom. The lowest BCUT2D eigenvalue weighted by molar-refractivity contribution is -0.274. The molecule has 7 nitrogen and oxygen atoms in total. The second-order valence-corrected chi connectivity index (χ2v) is 6.11. The summed E-state index contributed by atoms with van der Waals surface area (Å²) in [6.07, 6.45) is -4.16. The average Bonchev–Trinajstić information content (AvgIpc) is 3.16. The molecule has 1 aromatic heterocycles. The summed E-state index contributed by atoms with van der Waals surface area (Å²) in [5, 5.41) is 14.8. The first-order chi connectivity index (χ1) is 13.9. The molecule has 0 atom stereocenters. The number of alkyl halides is 3. The molecule has 0 aliphatic carbocycles. The number of hydrogen-bond acceptors (Lipinski definition) is 5. The van der Waals surface area contributed by atoms with Crippen molar-refractivity contribution in [2.45, 2.75) is 32.3 Å². The predicted octanol–water partition coefficient (Wildman–Crippen LogP) is 3.34. The van der Waals surface area contributed by atoms with Crippen molar-refractivity contribution in [3.05, 3.63) is 60.2 Å². The summed E-state index contributed by atoms with van der Waals surface area (Å²) < 4.78 is 41.3. The van der Waals surface area contributed by atoms with Gasteiger partial charge in [-0.05, 0) is 17.7 Å². The molecule has 3 rings (SSSR count). The number of nitrogens with one attached hydrogen (secondary N) is 1. The molecule has 1 amide bonds. The molecule has 0 saturated carbocycles. The molecule has 0 unspecified atom stereocenters. The minimum Gasteiger partial charge on any atom is -0.405 e. The fourth-order valence-corrected chi connectivity index (χ4v) is 2.58. The van der Waals surface area contributed by atoms with Crippen LogP contribution in [-0.4, -0.2) is 32.5 Å². The van der Waals surface area contributed by atoms with E-state index in [9.17, 15) is 18.0 Å². The molecular formula is C19H18F3N5O2. The molecule has 0 saturated heterocycles. The van der Waals surface area contributed by atoms with E-state index in [1.165, 1.54) is 23.0 Å². The number of aryl methyl sites for hydroxylation is 1. The van der Waals surface area contributed by atoms with Gasteiger partial charge in [0.1, 0.15) is 5.75 Å². The first kappa shape index (κ1) is 20.3. The van der Waals surface area contributed by atoms with Crippen molar-refractivity contribution in [3.63, 3.8) is 0 Å². The van der Waals surface area contributed by atoms with Crippen LogP contribution in [0.15, 0.2) is 54.6 Å². The summed E-state index contributed by atoms with van der Waals surface area (Å²) in [6.45, 7) is 0.325. The maximum absolute atomic E-state index is 12.4. The Morgan fingerprint density at radius 1 is 1.07 bits per heavy atom. The summed E-state index contributed by atoms with van der Waals surface area (Å²) in [5.41, 5.74) is 1.08. The molecule has 0 bridgehead atoms. The van der Waals surface area contributed by atoms with Gasteiger partial charge in [-0.1, -0.05) is 48.5 Å². The maximum atomic E-state index is 12.4. The van der Waals surface area contributed by atoms with Crippen LogP contribution in [0.3, 0.4) is 0 Å². The fourth-order valence-electron chi connectivity index (χ4n) is 2.58. The quantitative estimate of drug-likeness (QED) is 0.622. The molecule has 29 heavy (non-hydrogen) atoms. The number of benzene rings is 2. The zero-order valence-electron chi connectivity index (χ0n) is 15.3. The van der Waals surface area contributed by atoms with E-state index in [4.69, 9.17) is 0 Å². The van der Waals surface area contributed by atoms with Crippen LogP contribution in [0.1, 0.15) is 18.4 Å². The van der Waals surface area contributed by atoms with E-state index in [2.05, 4.69) is 25.5 Å². The topological polar surface area (TPSA) is 81.9 Å². The molecule has 0 radical (unpaired) electrons. The molecule has 10 heteroatoms. The smallest absolute Gasteiger partial charge is 0.405 e. The van der Waals surface area contributed by atoms with Crippen LogP contribution in [0.25, 0.3) is 11.4 Å². The van der Waals surface area contributed by atoms with Gasteiger partial charge in [-0.25, -0.2) is 0 Å². The standard InChI is InChI=1S/C19H18F3N5O2/c20-19(21,22)29-16-10-5-4-9-15(16)13-23-17(28)11-6-12-27-25-18(24-26-27)14-7-2-1-3-8-14/h1-5,7-10H,6,11-13H2,(H,23,28). The fraction of sp³-hybridized carbons (Fsp3) is 0.263. The summed E-state index contributed by atoms with van der Waals surface area (Å²) in [5.74, 6) is -0.132. The van der Waals surface area contributed by atoms with Crippen LogP contribution in [-0.2, 0) is 17.9 Å². The number of rotatable bonds is 8. The van der Waals surface area contributed by atoms with Gasteiger partial charge in [0.05, 0.1) is 6.54 Å². The SMILES string of the molecule is O=C(CCCn1nnc(-c2ccccc2)n1)NCc1ccccc1OC(F)(F)F. The highest BCUT2D eigenvalue weighted by Gasteiger charge is 2.31. The van der Waals surface area contributed by atoms with E-state index >= 15 is 0 Å². The van der Waals surface area contributed by atoms with Crippen molar-refractivity contribution in [2.75, 3.05) is 0 Å². The molecular weight excluding hydrogens is 387 g/mol. The van der Waals surface area contributed by atoms with Gasteiger partial charge in [-0.15, -0.1) is 23.4 Å². The third-order valence-corrected chi connectivity index (χ3v) is 3.92. The van der Waals surface area contributed by atoms with Crippen LogP contribution < -0.4 is 10.1 Å². The van der Waals surface area contributed by atoms with Crippen molar-refractivity contribution in [1.29, 1.82) is 0 Å². The van der Waals surface area contributed by atoms with Crippen LogP contribution in [0.2, 0.25) is 0 Å². The van der Waals surface area contributed by atoms with E-state index < -0.39 is 6.36 Å². The van der Waals surface area contributed by atoms with E-state index in [0.717, 1.165) is 5.56 Å². The number of tetrazole rings is 1. The first-order valence-electron chi connectivity index (χ1n) is 8.84. The number of carbonyl (C=O) groups is 1. The highest BCUT2D eigenvalue weighted by atomic mass is 19.4. The van der Waals surface area contributed by atoms with Crippen molar-refractivity contribution in [3.8, 4) is 17.1 Å². The first-order valence-corrected chi connectivity index (χ1v) is 8.84. The third-order valence-electron chi connectivity index (χ3n) is 3.92. The van der Waals surface area contributed by atoms with E-state index in [-0.39, 0.29) is 30.2 Å². The van der Waals surface area contributed by atoms with Crippen LogP contribution in [0.4, 0.5) is 13.2 Å². The number of para-hydroxylation sites is 1. The molecule has 0 fully saturated rings. The van der Waals surface area contributed by atoms with Gasteiger partial charge in [-0.3, -0.25) is 4.79 Å². The van der Waals surface area contributed by atoms with E-state index in [1.54, 1.807) is 6.07 Å². The lowest BCUT2D eigenvalue weighted by Crippen LogP contribution is -2.24. The van der Waals surface area contributed by atoms with Gasteiger partial charge in [0.15, 0.2) is 0 Å². The molecule has 2 aromatic carbocycles. The number of halogens is 3. The number of hydrogen-bond donors (Lipinski definition) is 1. The Bertz CT molecular complexity index is 944. The van der Waals surface area contributed by atoms with Gasteiger partial charge in [-0.2, -0.15) is 4.80 Å². The van der Waals surface area contributed by atoms with Crippen molar-refractivity contribution < 1.29 is 22.7 Å². The number of nitrogens with zero attached hydrogens (tertiary/aromatic N) is 4. The molecule has 3 aromatic rings. The number of amides is 1. The van der Waals surface area contributed by atoms with Crippen molar-refractivity contribution >= 4 is 5.91 Å². The maximum Gasteiger partial charge on any atom is 0.573 e. The summed E-state index contributed by atoms with van der Waals surface area (Å²) >= 11 is 0. The molecule has 0 aliphatic heterocycles. The van der Waals surface area contributed by atoms with Gasteiger partial charge in [0.25, 0.3) is 0 Å². The molecule has 152 valence electrons. The molecule has 1 heterocycles. The third kappa shape index (κ3) is 6.30. The number of ether oxygens (including phenoxy) is 1. The monoisotopic (exact) mass is 405 g/mol. The Balaban J connectivity index is 1.45. The lowest BCUT2D eigenvalue weighted by Gasteiger charge is -2.13. The Morgan fingerprint density at radius 2 is 1.79 bits per heavy atom. The predicted molar refractivity (Wildman–Crippen MR) is 97.5 cm³/mol. The molecule has 0 aliphatic rings. The van der Waals surface area contributed by atoms with Crippen LogP contribution >= 0.6 is 0 Å². The minimum absolute atomic E-state index is 0.0647. The molecule has 1 N–H and O–H groups in total. The Kier molecular flexibility index (Phi) is 6.43. The Hall–Kier alpha value is -3.43. The van der Waals surface area contributed by atoms with Crippen molar-refractivity contribution in [2.24, 2.45) is 0 Å². The number of carbonyl (C=O) groups excluding carboxylic acids is 1. The van der Waals surface area contributed by atoms with E-state index in [0.29, 0.717) is 18.8 Å². The largest absolute Gasteiger partial charge is 0.573 e. The summed E-state index contributed by atoms with van der Waals surface area (Å²) in [6, 6.07) is 15.1. The second kappa shape index (κ2) is 9.18. The zero-order chi connectivity index (χ0) is 20.7. The normalized spacial score (nSPS) is 11.3. The van der Waals surface area contributed by atoms with E-state index in [1.807, 2.05) is 30.3 Å². The lowest BCUT2D eigenvalue weighted by atomic mass is 10.2. The zero-order valence-corrected chi connectivity index (χ0v) is 15.3. The van der Waals surface area contributed by atoms with Gasteiger partial charge in [0, 0.05) is 24.1 Å². The Labute approximate surface area is 164 Å². The van der Waals surface area contributed by atoms with Gasteiger partial charge in [0.2, 0.25) is 11.7 Å². The van der Waals surface area contributed by atoms with Crippen LogP contribution in [0, 0.1) is 0 Å². The summed E-state index contributed by atoms with van der Waals surface area (Å²) in [7, 11) is 0. The van der Waals surface area contributed by atoms with Gasteiger partial charge >= 0.3 is 6.36 Å². The highest BCUT2D eigenvalue weighted by Crippen LogP contribution is 2.26. The van der Waals surface area contributed by atoms with Crippen LogP contribution in [0.5, 0.6) is 5.75 Å². The minimum atomic E-state index is -4.79. The second-order valence-electron chi connectivity index (χ2n) is 6.11. The summed E-state index contributed by atoms with van der Waals surface area (Å²) in [4.78, 5) is 13.4. The highest BCUT2D eigenvalue weighted by molar-refractivity contribution is 5.75. The molecule has 0 spiro atoms. The average molecular weight is 405 g/mol.